The minimum absolute atomic E-state index is 0.00568. The van der Waals surface area contributed by atoms with E-state index in [2.05, 4.69) is 22.2 Å². The van der Waals surface area contributed by atoms with E-state index in [-0.39, 0.29) is 11.4 Å². The largest absolute Gasteiger partial charge is 0.450 e. The third-order valence-electron chi connectivity index (χ3n) is 3.51. The number of thioether (sulfide) groups is 2. The van der Waals surface area contributed by atoms with Gasteiger partial charge in [0.05, 0.1) is 11.1 Å². The van der Waals surface area contributed by atoms with Crippen molar-refractivity contribution in [2.75, 3.05) is 0 Å². The molecule has 1 amide bonds. The van der Waals surface area contributed by atoms with Crippen LogP contribution >= 0.6 is 23.5 Å². The van der Waals surface area contributed by atoms with Crippen LogP contribution in [0, 0.1) is 5.41 Å². The van der Waals surface area contributed by atoms with E-state index in [1.807, 2.05) is 24.3 Å². The number of amidine groups is 2. The fourth-order valence-corrected chi connectivity index (χ4v) is 3.73. The molecule has 1 aromatic carbocycles. The highest BCUT2D eigenvalue weighted by atomic mass is 32.2. The first kappa shape index (κ1) is 15.9. The van der Waals surface area contributed by atoms with Crippen LogP contribution in [0.1, 0.15) is 11.3 Å². The SMILES string of the molecule is N=C1/C(=C\c2ccc(SCc3ccccc3)o2)C(=O)N=C2SC=NN12. The van der Waals surface area contributed by atoms with Crippen LogP contribution in [0.5, 0.6) is 0 Å². The number of aliphatic imine (C=N–C) groups is 1. The van der Waals surface area contributed by atoms with E-state index in [0.717, 1.165) is 10.8 Å². The van der Waals surface area contributed by atoms with Crippen molar-refractivity contribution in [3.8, 4) is 0 Å². The molecule has 0 saturated carbocycles. The van der Waals surface area contributed by atoms with Gasteiger partial charge in [0.25, 0.3) is 5.91 Å². The number of hydrogen-bond acceptors (Lipinski definition) is 6. The number of furan rings is 1. The van der Waals surface area contributed by atoms with Gasteiger partial charge in [-0.3, -0.25) is 10.2 Å². The number of carbonyl (C=O) groups is 1. The molecule has 0 unspecified atom stereocenters. The van der Waals surface area contributed by atoms with Crippen molar-refractivity contribution >= 4 is 52.1 Å². The molecule has 0 radical (unpaired) electrons. The summed E-state index contributed by atoms with van der Waals surface area (Å²) in [5.41, 5.74) is 2.92. The number of amides is 1. The number of fused-ring (bicyclic) bond motifs is 1. The monoisotopic (exact) mass is 368 g/mol. The summed E-state index contributed by atoms with van der Waals surface area (Å²) in [5.74, 6) is 0.861. The van der Waals surface area contributed by atoms with Crippen molar-refractivity contribution in [2.45, 2.75) is 10.8 Å². The lowest BCUT2D eigenvalue weighted by atomic mass is 10.1. The maximum absolute atomic E-state index is 12.1. The summed E-state index contributed by atoms with van der Waals surface area (Å²) in [6.45, 7) is 0. The quantitative estimate of drug-likeness (QED) is 0.655. The molecule has 6 nitrogen and oxygen atoms in total. The molecule has 4 rings (SSSR count). The summed E-state index contributed by atoms with van der Waals surface area (Å²) < 4.78 is 5.74. The van der Waals surface area contributed by atoms with Crippen LogP contribution in [0.25, 0.3) is 6.08 Å². The zero-order valence-corrected chi connectivity index (χ0v) is 14.5. The standard InChI is InChI=1S/C17H12N4O2S2/c18-15-13(16(22)20-17-21(15)19-10-25-17)8-12-6-7-14(23-12)24-9-11-4-2-1-3-5-11/h1-8,10,18H,9H2/b13-8+,18-15?. The molecule has 2 aliphatic heterocycles. The zero-order valence-electron chi connectivity index (χ0n) is 12.9. The molecule has 25 heavy (non-hydrogen) atoms. The second-order valence-corrected chi connectivity index (χ2v) is 6.98. The Morgan fingerprint density at radius 2 is 2.08 bits per heavy atom. The number of hydrazone groups is 1. The third kappa shape index (κ3) is 3.31. The molecule has 124 valence electrons. The van der Waals surface area contributed by atoms with E-state index in [0.29, 0.717) is 10.9 Å². The highest BCUT2D eigenvalue weighted by Gasteiger charge is 2.32. The van der Waals surface area contributed by atoms with Gasteiger partial charge in [-0.15, -0.1) is 0 Å². The van der Waals surface area contributed by atoms with Crippen LogP contribution in [-0.2, 0) is 10.5 Å². The predicted octanol–water partition coefficient (Wildman–Crippen LogP) is 3.82. The summed E-state index contributed by atoms with van der Waals surface area (Å²) in [4.78, 5) is 16.1. The molecule has 0 saturated heterocycles. The van der Waals surface area contributed by atoms with Crippen LogP contribution < -0.4 is 0 Å². The molecule has 1 aromatic heterocycles. The van der Waals surface area contributed by atoms with Crippen molar-refractivity contribution in [2.24, 2.45) is 10.1 Å². The molecule has 0 bridgehead atoms. The second-order valence-electron chi connectivity index (χ2n) is 5.19. The third-order valence-corrected chi connectivity index (χ3v) is 5.17. The first-order valence-corrected chi connectivity index (χ1v) is 9.27. The minimum atomic E-state index is -0.455. The fourth-order valence-electron chi connectivity index (χ4n) is 2.30. The van der Waals surface area contributed by atoms with E-state index in [4.69, 9.17) is 9.83 Å². The Kier molecular flexibility index (Phi) is 4.29. The van der Waals surface area contributed by atoms with Gasteiger partial charge in [-0.2, -0.15) is 15.1 Å². The topological polar surface area (TPSA) is 82.0 Å². The summed E-state index contributed by atoms with van der Waals surface area (Å²) in [6, 6.07) is 13.7. The molecule has 2 aliphatic rings. The number of benzene rings is 1. The van der Waals surface area contributed by atoms with Gasteiger partial charge in [0.2, 0.25) is 0 Å². The zero-order chi connectivity index (χ0) is 17.2. The minimum Gasteiger partial charge on any atom is -0.450 e. The molecule has 2 aromatic rings. The predicted molar refractivity (Wildman–Crippen MR) is 101 cm³/mol. The van der Waals surface area contributed by atoms with Crippen molar-refractivity contribution in [1.82, 2.24) is 5.01 Å². The Morgan fingerprint density at radius 3 is 2.92 bits per heavy atom. The van der Waals surface area contributed by atoms with Gasteiger partial charge in [-0.1, -0.05) is 42.1 Å². The summed E-state index contributed by atoms with van der Waals surface area (Å²) in [5, 5.41) is 14.7. The lowest BCUT2D eigenvalue weighted by Gasteiger charge is -2.19. The Hall–Kier alpha value is -2.58. The van der Waals surface area contributed by atoms with Gasteiger partial charge in [-0.05, 0) is 35.5 Å². The maximum Gasteiger partial charge on any atom is 0.283 e. The summed E-state index contributed by atoms with van der Waals surface area (Å²) in [6.07, 6.45) is 1.54. The van der Waals surface area contributed by atoms with E-state index in [1.54, 1.807) is 23.4 Å². The summed E-state index contributed by atoms with van der Waals surface area (Å²) >= 11 is 2.79. The van der Waals surface area contributed by atoms with Crippen molar-refractivity contribution in [3.05, 3.63) is 59.4 Å². The molecule has 3 heterocycles. The average Bonchev–Trinajstić information content (AvgIpc) is 3.27. The lowest BCUT2D eigenvalue weighted by Crippen LogP contribution is -2.35. The van der Waals surface area contributed by atoms with Gasteiger partial charge in [0.1, 0.15) is 5.76 Å². The van der Waals surface area contributed by atoms with Crippen LogP contribution in [0.15, 0.2) is 67.6 Å². The molecule has 0 atom stereocenters. The molecular weight excluding hydrogens is 356 g/mol. The number of carbonyl (C=O) groups excluding carboxylic acids is 1. The number of rotatable bonds is 4. The Labute approximate surface area is 152 Å². The van der Waals surface area contributed by atoms with Crippen LogP contribution in [-0.4, -0.2) is 27.5 Å². The first-order valence-electron chi connectivity index (χ1n) is 7.40. The van der Waals surface area contributed by atoms with Crippen molar-refractivity contribution in [1.29, 1.82) is 5.41 Å². The van der Waals surface area contributed by atoms with E-state index in [9.17, 15) is 4.79 Å². The summed E-state index contributed by atoms with van der Waals surface area (Å²) in [7, 11) is 0. The number of nitrogens with zero attached hydrogens (tertiary/aromatic N) is 3. The lowest BCUT2D eigenvalue weighted by molar-refractivity contribution is -0.114. The van der Waals surface area contributed by atoms with E-state index >= 15 is 0 Å². The molecular formula is C17H12N4O2S2. The maximum atomic E-state index is 12.1. The van der Waals surface area contributed by atoms with Crippen LogP contribution in [0.4, 0.5) is 0 Å². The van der Waals surface area contributed by atoms with Gasteiger partial charge < -0.3 is 4.42 Å². The van der Waals surface area contributed by atoms with Gasteiger partial charge in [0.15, 0.2) is 16.1 Å². The van der Waals surface area contributed by atoms with Gasteiger partial charge in [0, 0.05) is 5.75 Å². The Balaban J connectivity index is 1.50. The highest BCUT2D eigenvalue weighted by molar-refractivity contribution is 8.25. The smallest absolute Gasteiger partial charge is 0.283 e. The molecule has 1 N–H and O–H groups in total. The van der Waals surface area contributed by atoms with Crippen molar-refractivity contribution < 1.29 is 9.21 Å². The molecule has 0 aliphatic carbocycles. The fraction of sp³-hybridized carbons (Fsp3) is 0.0588. The number of nitrogens with one attached hydrogen (secondary N) is 1. The highest BCUT2D eigenvalue weighted by Crippen LogP contribution is 2.28. The van der Waals surface area contributed by atoms with Crippen LogP contribution in [0.2, 0.25) is 0 Å². The molecule has 0 fully saturated rings. The van der Waals surface area contributed by atoms with Gasteiger partial charge >= 0.3 is 0 Å². The second kappa shape index (κ2) is 6.73. The Morgan fingerprint density at radius 1 is 1.24 bits per heavy atom. The van der Waals surface area contributed by atoms with E-state index in [1.165, 1.54) is 28.4 Å². The number of hydrogen-bond donors (Lipinski definition) is 1. The van der Waals surface area contributed by atoms with E-state index < -0.39 is 5.91 Å². The molecule has 8 heteroatoms. The van der Waals surface area contributed by atoms with Crippen LogP contribution in [0.3, 0.4) is 0 Å². The van der Waals surface area contributed by atoms with Crippen molar-refractivity contribution in [3.63, 3.8) is 0 Å². The van der Waals surface area contributed by atoms with Gasteiger partial charge in [-0.25, -0.2) is 0 Å². The normalized spacial score (nSPS) is 18.0. The Bertz CT molecular complexity index is 931. The first-order chi connectivity index (χ1) is 12.2. The molecule has 0 spiro atoms. The average molecular weight is 368 g/mol.